The highest BCUT2D eigenvalue weighted by Gasteiger charge is 2.07. The number of nitrogens with zero attached hydrogens (tertiary/aromatic N) is 4. The van der Waals surface area contributed by atoms with Crippen LogP contribution in [0.3, 0.4) is 0 Å². The van der Waals surface area contributed by atoms with E-state index in [1.165, 1.54) is 11.5 Å². The third-order valence-electron chi connectivity index (χ3n) is 1.37. The average molecular weight is 158 g/mol. The van der Waals surface area contributed by atoms with E-state index in [9.17, 15) is 0 Å². The minimum absolute atomic E-state index is 0.453. The molecule has 0 atom stereocenters. The lowest BCUT2D eigenvalue weighted by Crippen LogP contribution is -2.25. The monoisotopic (exact) mass is 158 g/mol. The fourth-order valence-corrected chi connectivity index (χ4v) is 1.04. The molecule has 1 aromatic rings. The van der Waals surface area contributed by atoms with Crippen LogP contribution in [0.5, 0.6) is 0 Å². The number of aromatic nitrogens is 3. The first kappa shape index (κ1) is 7.40. The van der Waals surface area contributed by atoms with E-state index in [1.54, 1.807) is 0 Å². The maximum atomic E-state index is 3.82. The van der Waals surface area contributed by atoms with Gasteiger partial charge in [0.1, 0.15) is 0 Å². The van der Waals surface area contributed by atoms with Gasteiger partial charge in [0.05, 0.1) is 0 Å². The van der Waals surface area contributed by atoms with Crippen LogP contribution in [0.4, 0.5) is 5.13 Å². The van der Waals surface area contributed by atoms with Crippen LogP contribution in [0.25, 0.3) is 0 Å². The summed E-state index contributed by atoms with van der Waals surface area (Å²) in [5, 5.41) is 8.19. The van der Waals surface area contributed by atoms with Gasteiger partial charge in [0.2, 0.25) is 5.13 Å². The van der Waals surface area contributed by atoms with Gasteiger partial charge in [-0.2, -0.15) is 0 Å². The molecule has 0 saturated carbocycles. The van der Waals surface area contributed by atoms with Crippen molar-refractivity contribution in [3.8, 4) is 0 Å². The Morgan fingerprint density at radius 2 is 2.20 bits per heavy atom. The van der Waals surface area contributed by atoms with E-state index in [-0.39, 0.29) is 0 Å². The van der Waals surface area contributed by atoms with Crippen LogP contribution >= 0.6 is 11.5 Å². The first-order valence-electron chi connectivity index (χ1n) is 3.09. The standard InChI is InChI=1S/C5H10N4S/c1-4(2)9(3)5-6-7-8-10-5/h4H,1-3H3. The van der Waals surface area contributed by atoms with Gasteiger partial charge in [0, 0.05) is 24.6 Å². The average Bonchev–Trinajstić information content (AvgIpc) is 2.36. The molecule has 0 amide bonds. The maximum Gasteiger partial charge on any atom is 0.227 e. The molecule has 0 saturated heterocycles. The quantitative estimate of drug-likeness (QED) is 0.637. The molecule has 1 heterocycles. The molecule has 10 heavy (non-hydrogen) atoms. The molecule has 0 aliphatic heterocycles. The summed E-state index contributed by atoms with van der Waals surface area (Å²) in [5.74, 6) is 0. The Balaban J connectivity index is 2.68. The zero-order valence-electron chi connectivity index (χ0n) is 6.27. The molecule has 0 aromatic carbocycles. The second-order valence-electron chi connectivity index (χ2n) is 2.35. The molecular formula is C5H10N4S. The van der Waals surface area contributed by atoms with Crippen molar-refractivity contribution in [3.05, 3.63) is 0 Å². The van der Waals surface area contributed by atoms with E-state index < -0.39 is 0 Å². The molecule has 0 fully saturated rings. The first-order chi connectivity index (χ1) is 4.72. The molecule has 56 valence electrons. The van der Waals surface area contributed by atoms with Gasteiger partial charge in [-0.15, -0.1) is 0 Å². The molecule has 1 rings (SSSR count). The molecule has 5 heteroatoms. The second kappa shape index (κ2) is 2.92. The summed E-state index contributed by atoms with van der Waals surface area (Å²) in [6.45, 7) is 4.20. The van der Waals surface area contributed by atoms with Gasteiger partial charge in [-0.25, -0.2) is 0 Å². The Morgan fingerprint density at radius 3 is 2.60 bits per heavy atom. The van der Waals surface area contributed by atoms with Crippen molar-refractivity contribution in [2.24, 2.45) is 0 Å². The smallest absolute Gasteiger partial charge is 0.227 e. The summed E-state index contributed by atoms with van der Waals surface area (Å²) in [6.07, 6.45) is 0. The summed E-state index contributed by atoms with van der Waals surface area (Å²) < 4.78 is 3.66. The van der Waals surface area contributed by atoms with Crippen LogP contribution in [-0.4, -0.2) is 27.9 Å². The summed E-state index contributed by atoms with van der Waals surface area (Å²) in [7, 11) is 1.98. The Bertz CT molecular complexity index is 184. The number of hydrogen-bond donors (Lipinski definition) is 0. The largest absolute Gasteiger partial charge is 0.346 e. The van der Waals surface area contributed by atoms with Gasteiger partial charge in [-0.05, 0) is 19.1 Å². The lowest BCUT2D eigenvalue weighted by Gasteiger charge is -2.18. The van der Waals surface area contributed by atoms with Crippen molar-refractivity contribution in [1.82, 2.24) is 14.8 Å². The number of rotatable bonds is 2. The Morgan fingerprint density at radius 1 is 1.50 bits per heavy atom. The summed E-state index contributed by atoms with van der Waals surface area (Å²) in [5.41, 5.74) is 0. The maximum absolute atomic E-state index is 3.82. The predicted octanol–water partition coefficient (Wildman–Crippen LogP) is 0.778. The Hall–Kier alpha value is -0.710. The van der Waals surface area contributed by atoms with Gasteiger partial charge in [0.25, 0.3) is 0 Å². The molecular weight excluding hydrogens is 148 g/mol. The summed E-state index contributed by atoms with van der Waals surface area (Å²) in [6, 6.07) is 0.453. The van der Waals surface area contributed by atoms with Crippen LogP contribution in [0.15, 0.2) is 0 Å². The van der Waals surface area contributed by atoms with E-state index in [1.807, 2.05) is 11.9 Å². The normalized spacial score (nSPS) is 10.4. The highest BCUT2D eigenvalue weighted by molar-refractivity contribution is 7.09. The van der Waals surface area contributed by atoms with Crippen LogP contribution in [0.2, 0.25) is 0 Å². The Labute approximate surface area is 64.0 Å². The summed E-state index contributed by atoms with van der Waals surface area (Å²) >= 11 is 1.31. The first-order valence-corrected chi connectivity index (χ1v) is 3.87. The van der Waals surface area contributed by atoms with Gasteiger partial charge in [-0.3, -0.25) is 0 Å². The molecule has 4 nitrogen and oxygen atoms in total. The minimum atomic E-state index is 0.453. The predicted molar refractivity (Wildman–Crippen MR) is 41.2 cm³/mol. The molecule has 1 aromatic heterocycles. The van der Waals surface area contributed by atoms with Crippen LogP contribution in [0, 0.1) is 0 Å². The number of anilines is 1. The van der Waals surface area contributed by atoms with E-state index in [0.29, 0.717) is 6.04 Å². The fourth-order valence-electron chi connectivity index (χ4n) is 0.485. The van der Waals surface area contributed by atoms with E-state index in [4.69, 9.17) is 0 Å². The zero-order chi connectivity index (χ0) is 7.56. The summed E-state index contributed by atoms with van der Waals surface area (Å²) in [4.78, 5) is 2.03. The van der Waals surface area contributed by atoms with Gasteiger partial charge in [-0.1, -0.05) is 9.59 Å². The van der Waals surface area contributed by atoms with E-state index in [0.717, 1.165) is 5.13 Å². The molecule has 0 N–H and O–H groups in total. The molecule has 0 unspecified atom stereocenters. The van der Waals surface area contributed by atoms with Gasteiger partial charge in [0.15, 0.2) is 0 Å². The van der Waals surface area contributed by atoms with Crippen molar-refractivity contribution in [2.75, 3.05) is 11.9 Å². The lowest BCUT2D eigenvalue weighted by molar-refractivity contribution is 0.743. The lowest BCUT2D eigenvalue weighted by atomic mass is 10.4. The van der Waals surface area contributed by atoms with Crippen molar-refractivity contribution >= 4 is 16.7 Å². The van der Waals surface area contributed by atoms with Gasteiger partial charge >= 0.3 is 0 Å². The van der Waals surface area contributed by atoms with Crippen LogP contribution in [0.1, 0.15) is 13.8 Å². The topological polar surface area (TPSA) is 41.9 Å². The molecule has 0 bridgehead atoms. The highest BCUT2D eigenvalue weighted by Crippen LogP contribution is 2.12. The van der Waals surface area contributed by atoms with Crippen molar-refractivity contribution < 1.29 is 0 Å². The second-order valence-corrected chi connectivity index (χ2v) is 3.06. The van der Waals surface area contributed by atoms with Crippen molar-refractivity contribution in [1.29, 1.82) is 0 Å². The third-order valence-corrected chi connectivity index (χ3v) is 2.05. The van der Waals surface area contributed by atoms with Gasteiger partial charge < -0.3 is 4.90 Å². The SMILES string of the molecule is CC(C)N(C)c1nnns1. The fraction of sp³-hybridized carbons (Fsp3) is 0.800. The van der Waals surface area contributed by atoms with Crippen LogP contribution < -0.4 is 4.90 Å². The van der Waals surface area contributed by atoms with E-state index >= 15 is 0 Å². The zero-order valence-corrected chi connectivity index (χ0v) is 7.09. The molecule has 0 spiro atoms. The Kier molecular flexibility index (Phi) is 2.16. The minimum Gasteiger partial charge on any atom is -0.346 e. The molecule has 0 radical (unpaired) electrons. The van der Waals surface area contributed by atoms with Crippen molar-refractivity contribution in [2.45, 2.75) is 19.9 Å². The van der Waals surface area contributed by atoms with Crippen molar-refractivity contribution in [3.63, 3.8) is 0 Å². The molecule has 0 aliphatic carbocycles. The molecule has 0 aliphatic rings. The third kappa shape index (κ3) is 1.41. The number of hydrogen-bond acceptors (Lipinski definition) is 5. The van der Waals surface area contributed by atoms with E-state index in [2.05, 4.69) is 28.6 Å². The van der Waals surface area contributed by atoms with Crippen LogP contribution in [-0.2, 0) is 0 Å². The highest BCUT2D eigenvalue weighted by atomic mass is 32.1.